The Morgan fingerprint density at radius 3 is 2.41 bits per heavy atom. The molecule has 0 bridgehead atoms. The molecular weight excluding hydrogens is 218 g/mol. The van der Waals surface area contributed by atoms with Gasteiger partial charge in [0.2, 0.25) is 11.7 Å². The van der Waals surface area contributed by atoms with E-state index in [0.717, 1.165) is 6.54 Å². The minimum atomic E-state index is -0.515. The molecule has 0 spiro atoms. The summed E-state index contributed by atoms with van der Waals surface area (Å²) in [6, 6.07) is 0. The predicted molar refractivity (Wildman–Crippen MR) is 65.7 cm³/mol. The molecule has 0 radical (unpaired) electrons. The van der Waals surface area contributed by atoms with Crippen LogP contribution in [0.2, 0.25) is 0 Å². The van der Waals surface area contributed by atoms with E-state index in [1.807, 2.05) is 41.5 Å². The van der Waals surface area contributed by atoms with Crippen LogP contribution in [0.4, 0.5) is 0 Å². The molecule has 0 saturated heterocycles. The van der Waals surface area contributed by atoms with Crippen molar-refractivity contribution in [1.29, 1.82) is 0 Å². The molecule has 0 atom stereocenters. The van der Waals surface area contributed by atoms with Gasteiger partial charge in [0.15, 0.2) is 0 Å². The Morgan fingerprint density at radius 1 is 1.24 bits per heavy atom. The van der Waals surface area contributed by atoms with Gasteiger partial charge in [-0.1, -0.05) is 12.1 Å². The Kier molecular flexibility index (Phi) is 4.27. The van der Waals surface area contributed by atoms with E-state index in [1.54, 1.807) is 0 Å². The summed E-state index contributed by atoms with van der Waals surface area (Å²) >= 11 is 0. The van der Waals surface area contributed by atoms with Gasteiger partial charge in [-0.15, -0.1) is 0 Å². The van der Waals surface area contributed by atoms with Crippen LogP contribution in [-0.2, 0) is 15.9 Å². The number of hydrogen-bond donors (Lipinski definition) is 1. The highest BCUT2D eigenvalue weighted by atomic mass is 16.5. The maximum Gasteiger partial charge on any atom is 0.246 e. The van der Waals surface area contributed by atoms with Gasteiger partial charge in [0.25, 0.3) is 0 Å². The van der Waals surface area contributed by atoms with Crippen LogP contribution < -0.4 is 5.32 Å². The maximum absolute atomic E-state index is 5.60. The summed E-state index contributed by atoms with van der Waals surface area (Å²) in [7, 11) is 0. The molecular formula is C12H23N3O2. The molecule has 0 amide bonds. The van der Waals surface area contributed by atoms with E-state index in [1.165, 1.54) is 0 Å². The molecule has 0 aliphatic rings. The first-order valence-corrected chi connectivity index (χ1v) is 6.07. The normalized spacial score (nSPS) is 13.1. The molecule has 0 saturated carbocycles. The highest BCUT2D eigenvalue weighted by Crippen LogP contribution is 2.25. The third-order valence-electron chi connectivity index (χ3n) is 2.62. The van der Waals surface area contributed by atoms with Crippen LogP contribution in [0.25, 0.3) is 0 Å². The first-order chi connectivity index (χ1) is 7.83. The van der Waals surface area contributed by atoms with E-state index in [0.29, 0.717) is 18.3 Å². The van der Waals surface area contributed by atoms with Crippen molar-refractivity contribution in [2.24, 2.45) is 0 Å². The fourth-order valence-electron chi connectivity index (χ4n) is 1.66. The minimum Gasteiger partial charge on any atom is -0.368 e. The van der Waals surface area contributed by atoms with Crippen molar-refractivity contribution in [2.75, 3.05) is 13.2 Å². The third-order valence-corrected chi connectivity index (χ3v) is 2.62. The zero-order valence-corrected chi connectivity index (χ0v) is 11.6. The lowest BCUT2D eigenvalue weighted by atomic mass is 10.1. The first kappa shape index (κ1) is 14.1. The number of rotatable bonds is 6. The lowest BCUT2D eigenvalue weighted by Gasteiger charge is -2.21. The van der Waals surface area contributed by atoms with Crippen molar-refractivity contribution in [2.45, 2.75) is 52.7 Å². The Labute approximate surface area is 103 Å². The standard InChI is InChI=1S/C12H23N3O2/c1-7-13-11(3,4)10-14-9(15-17-10)12(5,6)16-8-2/h13H,7-8H2,1-6H3. The van der Waals surface area contributed by atoms with Gasteiger partial charge in [0.05, 0.1) is 5.54 Å². The molecule has 5 nitrogen and oxygen atoms in total. The van der Waals surface area contributed by atoms with Gasteiger partial charge in [0.1, 0.15) is 5.60 Å². The van der Waals surface area contributed by atoms with Crippen molar-refractivity contribution >= 4 is 0 Å². The first-order valence-electron chi connectivity index (χ1n) is 6.07. The minimum absolute atomic E-state index is 0.317. The smallest absolute Gasteiger partial charge is 0.246 e. The Balaban J connectivity index is 2.91. The van der Waals surface area contributed by atoms with E-state index in [2.05, 4.69) is 15.5 Å². The molecule has 1 aromatic heterocycles. The van der Waals surface area contributed by atoms with Crippen molar-refractivity contribution in [3.63, 3.8) is 0 Å². The molecule has 17 heavy (non-hydrogen) atoms. The molecule has 5 heteroatoms. The van der Waals surface area contributed by atoms with Crippen LogP contribution >= 0.6 is 0 Å². The highest BCUT2D eigenvalue weighted by molar-refractivity contribution is 5.03. The largest absolute Gasteiger partial charge is 0.368 e. The fraction of sp³-hybridized carbons (Fsp3) is 0.833. The number of nitrogens with zero attached hydrogens (tertiary/aromatic N) is 2. The van der Waals surface area contributed by atoms with E-state index >= 15 is 0 Å². The van der Waals surface area contributed by atoms with Gasteiger partial charge in [0, 0.05) is 6.61 Å². The van der Waals surface area contributed by atoms with Crippen molar-refractivity contribution in [1.82, 2.24) is 15.5 Å². The Bertz CT molecular complexity index is 326. The number of aromatic nitrogens is 2. The maximum atomic E-state index is 5.60. The number of hydrogen-bond acceptors (Lipinski definition) is 5. The Morgan fingerprint density at radius 2 is 1.88 bits per heavy atom. The van der Waals surface area contributed by atoms with E-state index in [4.69, 9.17) is 9.26 Å². The second-order valence-electron chi connectivity index (χ2n) is 5.02. The second kappa shape index (κ2) is 5.14. The van der Waals surface area contributed by atoms with Crippen LogP contribution in [0, 0.1) is 0 Å². The van der Waals surface area contributed by atoms with Gasteiger partial charge < -0.3 is 14.6 Å². The third kappa shape index (κ3) is 3.26. The molecule has 98 valence electrons. The molecule has 0 aliphatic carbocycles. The average molecular weight is 241 g/mol. The molecule has 0 aromatic carbocycles. The van der Waals surface area contributed by atoms with Crippen LogP contribution in [0.15, 0.2) is 4.52 Å². The summed E-state index contributed by atoms with van der Waals surface area (Å²) < 4.78 is 10.9. The quantitative estimate of drug-likeness (QED) is 0.827. The van der Waals surface area contributed by atoms with Gasteiger partial charge in [-0.3, -0.25) is 0 Å². The summed E-state index contributed by atoms with van der Waals surface area (Å²) in [5.74, 6) is 1.17. The van der Waals surface area contributed by atoms with Gasteiger partial charge in [-0.05, 0) is 41.2 Å². The van der Waals surface area contributed by atoms with Crippen molar-refractivity contribution < 1.29 is 9.26 Å². The lowest BCUT2D eigenvalue weighted by Crippen LogP contribution is -2.36. The van der Waals surface area contributed by atoms with E-state index < -0.39 is 5.60 Å². The number of nitrogens with one attached hydrogen (secondary N) is 1. The van der Waals surface area contributed by atoms with E-state index in [-0.39, 0.29) is 5.54 Å². The highest BCUT2D eigenvalue weighted by Gasteiger charge is 2.32. The molecule has 1 N–H and O–H groups in total. The summed E-state index contributed by atoms with van der Waals surface area (Å²) in [5.41, 5.74) is -0.832. The summed E-state index contributed by atoms with van der Waals surface area (Å²) in [6.45, 7) is 13.4. The summed E-state index contributed by atoms with van der Waals surface area (Å²) in [4.78, 5) is 4.43. The summed E-state index contributed by atoms with van der Waals surface area (Å²) in [5, 5.41) is 7.30. The van der Waals surface area contributed by atoms with Gasteiger partial charge in [-0.25, -0.2) is 0 Å². The molecule has 0 unspecified atom stereocenters. The predicted octanol–water partition coefficient (Wildman–Crippen LogP) is 2.19. The molecule has 1 heterocycles. The van der Waals surface area contributed by atoms with Crippen LogP contribution in [0.3, 0.4) is 0 Å². The van der Waals surface area contributed by atoms with Gasteiger partial charge >= 0.3 is 0 Å². The number of ether oxygens (including phenoxy) is 1. The second-order valence-corrected chi connectivity index (χ2v) is 5.02. The van der Waals surface area contributed by atoms with Crippen LogP contribution in [0.1, 0.15) is 53.3 Å². The van der Waals surface area contributed by atoms with Gasteiger partial charge in [-0.2, -0.15) is 4.98 Å². The van der Waals surface area contributed by atoms with E-state index in [9.17, 15) is 0 Å². The van der Waals surface area contributed by atoms with Crippen LogP contribution in [-0.4, -0.2) is 23.3 Å². The monoisotopic (exact) mass is 241 g/mol. The zero-order valence-electron chi connectivity index (χ0n) is 11.6. The SMILES string of the molecule is CCNC(C)(C)c1nc(C(C)(C)OCC)no1. The summed E-state index contributed by atoms with van der Waals surface area (Å²) in [6.07, 6.45) is 0. The van der Waals surface area contributed by atoms with Crippen molar-refractivity contribution in [3.8, 4) is 0 Å². The average Bonchev–Trinajstić information content (AvgIpc) is 2.67. The van der Waals surface area contributed by atoms with Crippen LogP contribution in [0.5, 0.6) is 0 Å². The topological polar surface area (TPSA) is 60.2 Å². The fourth-order valence-corrected chi connectivity index (χ4v) is 1.66. The molecule has 0 aliphatic heterocycles. The molecule has 0 fully saturated rings. The lowest BCUT2D eigenvalue weighted by molar-refractivity contribution is -0.0221. The zero-order chi connectivity index (χ0) is 13.1. The van der Waals surface area contributed by atoms with Crippen molar-refractivity contribution in [3.05, 3.63) is 11.7 Å². The Hall–Kier alpha value is -0.940. The molecule has 1 aromatic rings. The molecule has 1 rings (SSSR count).